The van der Waals surface area contributed by atoms with Gasteiger partial charge in [0.25, 0.3) is 0 Å². The summed E-state index contributed by atoms with van der Waals surface area (Å²) in [5, 5.41) is 0. The van der Waals surface area contributed by atoms with Crippen molar-refractivity contribution >= 4 is 5.97 Å². The zero-order chi connectivity index (χ0) is 11.0. The molecule has 0 spiro atoms. The van der Waals surface area contributed by atoms with Gasteiger partial charge in [-0.05, 0) is 6.07 Å². The predicted molar refractivity (Wildman–Crippen MR) is 57.0 cm³/mol. The van der Waals surface area contributed by atoms with Gasteiger partial charge in [-0.15, -0.1) is 0 Å². The Morgan fingerprint density at radius 2 is 1.94 bits per heavy atom. The quantitative estimate of drug-likeness (QED) is 0.665. The number of cyclic esters (lactones) is 1. The number of benzene rings is 1. The minimum atomic E-state index is -0.216. The van der Waals surface area contributed by atoms with Crippen LogP contribution in [-0.2, 0) is 9.47 Å². The molecule has 2 aliphatic rings. The largest absolute Gasteiger partial charge is 0.438 e. The number of hydrogen-bond donors (Lipinski definition) is 0. The van der Waals surface area contributed by atoms with E-state index in [1.54, 1.807) is 0 Å². The molecule has 0 amide bonds. The summed E-state index contributed by atoms with van der Waals surface area (Å²) in [6, 6.07) is 7.58. The number of rotatable bonds is 1. The third-order valence-electron chi connectivity index (χ3n) is 3.04. The molecule has 2 aliphatic heterocycles. The van der Waals surface area contributed by atoms with Crippen molar-refractivity contribution in [3.63, 3.8) is 0 Å². The molecular formula is C12H13NO3. The van der Waals surface area contributed by atoms with Crippen molar-refractivity contribution in [1.82, 2.24) is 4.90 Å². The van der Waals surface area contributed by atoms with Gasteiger partial charge in [-0.25, -0.2) is 4.79 Å². The third-order valence-corrected chi connectivity index (χ3v) is 3.04. The summed E-state index contributed by atoms with van der Waals surface area (Å²) in [6.07, 6.45) is -0.215. The van der Waals surface area contributed by atoms with Crippen LogP contribution in [0.2, 0.25) is 0 Å². The van der Waals surface area contributed by atoms with Gasteiger partial charge in [0.05, 0.1) is 18.8 Å². The van der Waals surface area contributed by atoms with Gasteiger partial charge < -0.3 is 9.47 Å². The summed E-state index contributed by atoms with van der Waals surface area (Å²) in [4.78, 5) is 13.8. The Morgan fingerprint density at radius 3 is 2.75 bits per heavy atom. The maximum absolute atomic E-state index is 11.6. The van der Waals surface area contributed by atoms with Gasteiger partial charge in [0.2, 0.25) is 0 Å². The number of carbonyl (C=O) groups is 1. The molecule has 4 heteroatoms. The fourth-order valence-electron chi connectivity index (χ4n) is 2.21. The molecule has 1 unspecified atom stereocenters. The second-order valence-electron chi connectivity index (χ2n) is 3.99. The van der Waals surface area contributed by atoms with Crippen molar-refractivity contribution in [2.45, 2.75) is 6.23 Å². The van der Waals surface area contributed by atoms with Gasteiger partial charge in [0.15, 0.2) is 6.23 Å². The number of carbonyl (C=O) groups excluding carboxylic acids is 1. The Balaban J connectivity index is 1.90. The summed E-state index contributed by atoms with van der Waals surface area (Å²) >= 11 is 0. The van der Waals surface area contributed by atoms with E-state index in [9.17, 15) is 4.79 Å². The van der Waals surface area contributed by atoms with Crippen LogP contribution in [0, 0.1) is 0 Å². The molecule has 1 fully saturated rings. The van der Waals surface area contributed by atoms with Gasteiger partial charge in [0, 0.05) is 18.7 Å². The smallest absolute Gasteiger partial charge is 0.340 e. The van der Waals surface area contributed by atoms with Crippen molar-refractivity contribution in [2.75, 3.05) is 26.3 Å². The first-order chi connectivity index (χ1) is 7.86. The van der Waals surface area contributed by atoms with Crippen LogP contribution >= 0.6 is 0 Å². The van der Waals surface area contributed by atoms with Crippen molar-refractivity contribution in [2.24, 2.45) is 0 Å². The maximum Gasteiger partial charge on any atom is 0.340 e. The Hall–Kier alpha value is -1.39. The average molecular weight is 219 g/mol. The summed E-state index contributed by atoms with van der Waals surface area (Å²) < 4.78 is 10.7. The van der Waals surface area contributed by atoms with Crippen molar-refractivity contribution < 1.29 is 14.3 Å². The molecule has 0 bridgehead atoms. The standard InChI is InChI=1S/C12H13NO3/c14-12-10-4-2-1-3-9(10)11(16-12)13-5-7-15-8-6-13/h1-4,11H,5-8H2. The van der Waals surface area contributed by atoms with Gasteiger partial charge >= 0.3 is 5.97 Å². The molecule has 0 aromatic heterocycles. The maximum atomic E-state index is 11.6. The van der Waals surface area contributed by atoms with Crippen LogP contribution in [0.1, 0.15) is 22.1 Å². The normalized spacial score (nSPS) is 25.2. The molecule has 1 aromatic carbocycles. The van der Waals surface area contributed by atoms with Crippen LogP contribution in [0.3, 0.4) is 0 Å². The van der Waals surface area contributed by atoms with Gasteiger partial charge in [-0.2, -0.15) is 0 Å². The molecule has 1 atom stereocenters. The third kappa shape index (κ3) is 1.50. The van der Waals surface area contributed by atoms with Crippen molar-refractivity contribution in [3.8, 4) is 0 Å². The lowest BCUT2D eigenvalue weighted by Crippen LogP contribution is -2.39. The van der Waals surface area contributed by atoms with Crippen LogP contribution in [-0.4, -0.2) is 37.2 Å². The highest BCUT2D eigenvalue weighted by atomic mass is 16.6. The molecule has 0 aliphatic carbocycles. The fourth-order valence-corrected chi connectivity index (χ4v) is 2.21. The highest BCUT2D eigenvalue weighted by molar-refractivity contribution is 5.93. The molecule has 0 saturated carbocycles. The molecule has 3 rings (SSSR count). The van der Waals surface area contributed by atoms with Crippen molar-refractivity contribution in [3.05, 3.63) is 35.4 Å². The summed E-state index contributed by atoms with van der Waals surface area (Å²) in [5.41, 5.74) is 1.67. The van der Waals surface area contributed by atoms with Crippen LogP contribution in [0.4, 0.5) is 0 Å². The number of fused-ring (bicyclic) bond motifs is 1. The number of hydrogen-bond acceptors (Lipinski definition) is 4. The van der Waals surface area contributed by atoms with E-state index in [0.29, 0.717) is 18.8 Å². The molecule has 16 heavy (non-hydrogen) atoms. The van der Waals surface area contributed by atoms with E-state index in [1.165, 1.54) is 0 Å². The lowest BCUT2D eigenvalue weighted by molar-refractivity contribution is -0.0658. The highest BCUT2D eigenvalue weighted by Crippen LogP contribution is 2.33. The van der Waals surface area contributed by atoms with E-state index >= 15 is 0 Å². The number of nitrogens with zero attached hydrogens (tertiary/aromatic N) is 1. The first-order valence-corrected chi connectivity index (χ1v) is 5.48. The number of ether oxygens (including phenoxy) is 2. The second kappa shape index (κ2) is 3.88. The zero-order valence-electron chi connectivity index (χ0n) is 8.89. The van der Waals surface area contributed by atoms with Gasteiger partial charge in [0.1, 0.15) is 0 Å². The minimum absolute atomic E-state index is 0.215. The zero-order valence-corrected chi connectivity index (χ0v) is 8.89. The lowest BCUT2D eigenvalue weighted by atomic mass is 10.1. The molecular weight excluding hydrogens is 206 g/mol. The molecule has 4 nitrogen and oxygen atoms in total. The predicted octanol–water partition coefficient (Wildman–Crippen LogP) is 1.19. The Labute approximate surface area is 93.8 Å². The van der Waals surface area contributed by atoms with Gasteiger partial charge in [-0.1, -0.05) is 18.2 Å². The first kappa shape index (κ1) is 9.81. The summed E-state index contributed by atoms with van der Waals surface area (Å²) in [7, 11) is 0. The summed E-state index contributed by atoms with van der Waals surface area (Å²) in [5.74, 6) is -0.216. The van der Waals surface area contributed by atoms with Crippen LogP contribution in [0.25, 0.3) is 0 Å². The topological polar surface area (TPSA) is 38.8 Å². The fraction of sp³-hybridized carbons (Fsp3) is 0.417. The van der Waals surface area contributed by atoms with E-state index in [-0.39, 0.29) is 12.2 Å². The molecule has 84 valence electrons. The Bertz CT molecular complexity index is 412. The lowest BCUT2D eigenvalue weighted by Gasteiger charge is -2.31. The van der Waals surface area contributed by atoms with E-state index in [2.05, 4.69) is 4.90 Å². The minimum Gasteiger partial charge on any atom is -0.438 e. The molecule has 1 aromatic rings. The van der Waals surface area contributed by atoms with E-state index in [0.717, 1.165) is 18.7 Å². The number of morpholine rings is 1. The molecule has 0 radical (unpaired) electrons. The highest BCUT2D eigenvalue weighted by Gasteiger charge is 2.35. The van der Waals surface area contributed by atoms with E-state index in [1.807, 2.05) is 24.3 Å². The van der Waals surface area contributed by atoms with Crippen LogP contribution in [0.15, 0.2) is 24.3 Å². The Kier molecular flexibility index (Phi) is 2.38. The Morgan fingerprint density at radius 1 is 1.19 bits per heavy atom. The van der Waals surface area contributed by atoms with E-state index < -0.39 is 0 Å². The average Bonchev–Trinajstić information content (AvgIpc) is 2.69. The molecule has 1 saturated heterocycles. The van der Waals surface area contributed by atoms with Crippen LogP contribution in [0.5, 0.6) is 0 Å². The van der Waals surface area contributed by atoms with Crippen molar-refractivity contribution in [1.29, 1.82) is 0 Å². The molecule has 2 heterocycles. The van der Waals surface area contributed by atoms with E-state index in [4.69, 9.17) is 9.47 Å². The SMILES string of the molecule is O=C1OC(N2CCOCC2)c2ccccc21. The van der Waals surface area contributed by atoms with Crippen LogP contribution < -0.4 is 0 Å². The molecule has 0 N–H and O–H groups in total. The number of esters is 1. The monoisotopic (exact) mass is 219 g/mol. The first-order valence-electron chi connectivity index (χ1n) is 5.48. The van der Waals surface area contributed by atoms with Gasteiger partial charge in [-0.3, -0.25) is 4.90 Å². The summed E-state index contributed by atoms with van der Waals surface area (Å²) in [6.45, 7) is 3.03. The second-order valence-corrected chi connectivity index (χ2v) is 3.99.